The van der Waals surface area contributed by atoms with Crippen LogP contribution in [0.25, 0.3) is 11.0 Å². The highest BCUT2D eigenvalue weighted by atomic mass is 35.5. The summed E-state index contributed by atoms with van der Waals surface area (Å²) < 4.78 is 18.8. The lowest BCUT2D eigenvalue weighted by atomic mass is 10.2. The second-order valence-electron chi connectivity index (χ2n) is 6.80. The predicted octanol–water partition coefficient (Wildman–Crippen LogP) is 5.27. The zero-order chi connectivity index (χ0) is 20.1. The molecule has 4 nitrogen and oxygen atoms in total. The maximum absolute atomic E-state index is 13.1. The van der Waals surface area contributed by atoms with E-state index >= 15 is 0 Å². The average Bonchev–Trinajstić information content (AvgIpc) is 3.14. The highest BCUT2D eigenvalue weighted by Crippen LogP contribution is 2.20. The predicted molar refractivity (Wildman–Crippen MR) is 114 cm³/mol. The van der Waals surface area contributed by atoms with Gasteiger partial charge in [-0.05, 0) is 42.0 Å². The van der Waals surface area contributed by atoms with E-state index in [0.717, 1.165) is 47.7 Å². The number of aromatic nitrogens is 2. The second-order valence-corrected chi connectivity index (χ2v) is 7.20. The molecule has 1 heterocycles. The Morgan fingerprint density at radius 1 is 1.03 bits per heavy atom. The minimum atomic E-state index is -0.351. The maximum atomic E-state index is 13.1. The van der Waals surface area contributed by atoms with Crippen LogP contribution in [0.2, 0.25) is 5.02 Å². The van der Waals surface area contributed by atoms with Gasteiger partial charge in [0.25, 0.3) is 0 Å². The summed E-state index contributed by atoms with van der Waals surface area (Å²) in [5, 5.41) is 3.80. The first kappa shape index (κ1) is 19.4. The minimum absolute atomic E-state index is 0.300. The number of nitrogens with zero attached hydrogens (tertiary/aromatic N) is 1. The highest BCUT2D eigenvalue weighted by Gasteiger charge is 2.04. The van der Waals surface area contributed by atoms with Crippen molar-refractivity contribution in [2.24, 2.45) is 0 Å². The van der Waals surface area contributed by atoms with Crippen molar-refractivity contribution >= 4 is 22.6 Å². The van der Waals surface area contributed by atoms with Crippen LogP contribution in [-0.2, 0) is 19.6 Å². The zero-order valence-corrected chi connectivity index (χ0v) is 16.5. The fraction of sp³-hybridized carbons (Fsp3) is 0.174. The molecular formula is C23H21ClFN3O. The third kappa shape index (κ3) is 5.13. The number of ether oxygens (including phenoxy) is 1. The monoisotopic (exact) mass is 409 g/mol. The Hall–Kier alpha value is -2.89. The van der Waals surface area contributed by atoms with E-state index in [2.05, 4.69) is 15.3 Å². The van der Waals surface area contributed by atoms with Crippen molar-refractivity contribution in [3.05, 3.63) is 94.5 Å². The van der Waals surface area contributed by atoms with E-state index in [9.17, 15) is 4.39 Å². The number of H-pyrrole nitrogens is 1. The summed E-state index contributed by atoms with van der Waals surface area (Å²) in [6.07, 6.45) is 0.842. The SMILES string of the molecule is Fc1ccc(COc2ccc(CNCCc3nc4ccccc4[nH]3)cc2)c(Cl)c1. The Bertz CT molecular complexity index is 1060. The van der Waals surface area contributed by atoms with Crippen LogP contribution < -0.4 is 10.1 Å². The van der Waals surface area contributed by atoms with Crippen molar-refractivity contribution in [2.45, 2.75) is 19.6 Å². The molecule has 0 unspecified atom stereocenters. The molecule has 29 heavy (non-hydrogen) atoms. The molecule has 1 aromatic heterocycles. The number of benzene rings is 3. The summed E-state index contributed by atoms with van der Waals surface area (Å²) in [6.45, 7) is 1.90. The smallest absolute Gasteiger partial charge is 0.124 e. The molecule has 4 aromatic rings. The number of fused-ring (bicyclic) bond motifs is 1. The average molecular weight is 410 g/mol. The van der Waals surface area contributed by atoms with E-state index in [1.54, 1.807) is 6.07 Å². The van der Waals surface area contributed by atoms with Crippen LogP contribution in [-0.4, -0.2) is 16.5 Å². The summed E-state index contributed by atoms with van der Waals surface area (Å²) in [5.74, 6) is 1.38. The fourth-order valence-corrected chi connectivity index (χ4v) is 3.29. The maximum Gasteiger partial charge on any atom is 0.124 e. The van der Waals surface area contributed by atoms with Gasteiger partial charge in [-0.3, -0.25) is 0 Å². The van der Waals surface area contributed by atoms with Crippen molar-refractivity contribution in [3.63, 3.8) is 0 Å². The summed E-state index contributed by atoms with van der Waals surface area (Å²) in [5.41, 5.74) is 3.99. The summed E-state index contributed by atoms with van der Waals surface area (Å²) in [4.78, 5) is 7.92. The molecule has 4 rings (SSSR count). The fourth-order valence-electron chi connectivity index (χ4n) is 3.07. The number of para-hydroxylation sites is 2. The lowest BCUT2D eigenvalue weighted by molar-refractivity contribution is 0.306. The van der Waals surface area contributed by atoms with Crippen LogP contribution in [0.15, 0.2) is 66.7 Å². The number of halogens is 2. The quantitative estimate of drug-likeness (QED) is 0.390. The van der Waals surface area contributed by atoms with Gasteiger partial charge in [-0.25, -0.2) is 9.37 Å². The standard InChI is InChI=1S/C23H21ClFN3O/c24-20-13-18(25)8-7-17(20)15-29-19-9-5-16(6-10-19)14-26-12-11-23-27-21-3-1-2-4-22(21)28-23/h1-10,13,26H,11-12,14-15H2,(H,27,28). The van der Waals surface area contributed by atoms with Gasteiger partial charge >= 0.3 is 0 Å². The zero-order valence-electron chi connectivity index (χ0n) is 15.8. The molecule has 0 radical (unpaired) electrons. The van der Waals surface area contributed by atoms with Crippen molar-refractivity contribution in [1.82, 2.24) is 15.3 Å². The molecule has 148 valence electrons. The number of imidazole rings is 1. The second kappa shape index (κ2) is 9.07. The van der Waals surface area contributed by atoms with Gasteiger partial charge in [-0.1, -0.05) is 41.9 Å². The molecule has 0 amide bonds. The van der Waals surface area contributed by atoms with Gasteiger partial charge < -0.3 is 15.0 Å². The van der Waals surface area contributed by atoms with Crippen molar-refractivity contribution < 1.29 is 9.13 Å². The number of hydrogen-bond donors (Lipinski definition) is 2. The van der Waals surface area contributed by atoms with E-state index < -0.39 is 0 Å². The van der Waals surface area contributed by atoms with Crippen LogP contribution in [0.5, 0.6) is 5.75 Å². The third-order valence-corrected chi connectivity index (χ3v) is 4.99. The summed E-state index contributed by atoms with van der Waals surface area (Å²) in [6, 6.07) is 20.2. The van der Waals surface area contributed by atoms with Crippen molar-refractivity contribution in [1.29, 1.82) is 0 Å². The molecule has 0 aliphatic rings. The van der Waals surface area contributed by atoms with Gasteiger partial charge in [0, 0.05) is 25.1 Å². The topological polar surface area (TPSA) is 49.9 Å². The first-order valence-corrected chi connectivity index (χ1v) is 9.85. The minimum Gasteiger partial charge on any atom is -0.489 e. The van der Waals surface area contributed by atoms with Gasteiger partial charge in [0.1, 0.15) is 24.0 Å². The molecule has 0 fully saturated rings. The Kier molecular flexibility index (Phi) is 6.08. The van der Waals surface area contributed by atoms with Crippen LogP contribution in [0.1, 0.15) is 17.0 Å². The van der Waals surface area contributed by atoms with E-state index in [-0.39, 0.29) is 5.82 Å². The first-order valence-electron chi connectivity index (χ1n) is 9.47. The molecule has 0 spiro atoms. The van der Waals surface area contributed by atoms with E-state index in [0.29, 0.717) is 11.6 Å². The Morgan fingerprint density at radius 3 is 2.66 bits per heavy atom. The number of nitrogens with one attached hydrogen (secondary N) is 2. The van der Waals surface area contributed by atoms with Crippen LogP contribution in [0.4, 0.5) is 4.39 Å². The molecule has 0 saturated heterocycles. The number of rotatable bonds is 8. The summed E-state index contributed by atoms with van der Waals surface area (Å²) in [7, 11) is 0. The van der Waals surface area contributed by atoms with Crippen LogP contribution in [0, 0.1) is 5.82 Å². The highest BCUT2D eigenvalue weighted by molar-refractivity contribution is 6.31. The van der Waals surface area contributed by atoms with E-state index in [4.69, 9.17) is 16.3 Å². The van der Waals surface area contributed by atoms with Gasteiger partial charge in [0.2, 0.25) is 0 Å². The normalized spacial score (nSPS) is 11.1. The largest absolute Gasteiger partial charge is 0.489 e. The van der Waals surface area contributed by atoms with Gasteiger partial charge in [0.05, 0.1) is 16.1 Å². The Morgan fingerprint density at radius 2 is 1.86 bits per heavy atom. The first-order chi connectivity index (χ1) is 14.2. The van der Waals surface area contributed by atoms with Crippen LogP contribution >= 0.6 is 11.6 Å². The lowest BCUT2D eigenvalue weighted by Gasteiger charge is -2.09. The van der Waals surface area contributed by atoms with Gasteiger partial charge in [-0.15, -0.1) is 0 Å². The molecule has 0 saturated carbocycles. The third-order valence-electron chi connectivity index (χ3n) is 4.64. The Balaban J connectivity index is 1.23. The summed E-state index contributed by atoms with van der Waals surface area (Å²) >= 11 is 6.02. The van der Waals surface area contributed by atoms with Crippen molar-refractivity contribution in [3.8, 4) is 5.75 Å². The van der Waals surface area contributed by atoms with E-state index in [1.807, 2.05) is 48.5 Å². The molecule has 0 aliphatic carbocycles. The van der Waals surface area contributed by atoms with Gasteiger partial charge in [0.15, 0.2) is 0 Å². The molecule has 3 aromatic carbocycles. The van der Waals surface area contributed by atoms with Crippen LogP contribution in [0.3, 0.4) is 0 Å². The molecular weight excluding hydrogens is 389 g/mol. The lowest BCUT2D eigenvalue weighted by Crippen LogP contribution is -2.17. The molecule has 0 bridgehead atoms. The molecule has 2 N–H and O–H groups in total. The molecule has 0 aliphatic heterocycles. The Labute approximate surface area is 173 Å². The van der Waals surface area contributed by atoms with Crippen molar-refractivity contribution in [2.75, 3.05) is 6.54 Å². The number of aromatic amines is 1. The van der Waals surface area contributed by atoms with E-state index in [1.165, 1.54) is 17.7 Å². The number of hydrogen-bond acceptors (Lipinski definition) is 3. The van der Waals surface area contributed by atoms with Gasteiger partial charge in [-0.2, -0.15) is 0 Å². The molecule has 0 atom stereocenters. The molecule has 6 heteroatoms.